The van der Waals surface area contributed by atoms with E-state index in [4.69, 9.17) is 11.6 Å². The number of aryl methyl sites for hydroxylation is 1. The smallest absolute Gasteiger partial charge is 0.241 e. The summed E-state index contributed by atoms with van der Waals surface area (Å²) in [5.41, 5.74) is 3.66. The minimum absolute atomic E-state index is 0.00455. The number of halogens is 1. The number of hydrogen-bond acceptors (Lipinski definition) is 1. The van der Waals surface area contributed by atoms with Crippen LogP contribution in [0.3, 0.4) is 0 Å². The Morgan fingerprint density at radius 1 is 1.47 bits per heavy atom. The predicted octanol–water partition coefficient (Wildman–Crippen LogP) is 3.33. The molecule has 0 atom stereocenters. The second-order valence-electron chi connectivity index (χ2n) is 4.83. The van der Waals surface area contributed by atoms with Gasteiger partial charge in [-0.1, -0.05) is 26.0 Å². The zero-order valence-corrected chi connectivity index (χ0v) is 11.1. The molecule has 0 aromatic heterocycles. The number of anilines is 1. The molecule has 0 saturated heterocycles. The van der Waals surface area contributed by atoms with Crippen LogP contribution in [0.25, 0.3) is 0 Å². The fourth-order valence-electron chi connectivity index (χ4n) is 2.31. The molecular weight excluding hydrogens is 234 g/mol. The minimum atomic E-state index is 0.00455. The maximum absolute atomic E-state index is 11.7. The van der Waals surface area contributed by atoms with Crippen LogP contribution in [0.1, 0.15) is 37.3 Å². The molecular formula is C14H18ClNO. The van der Waals surface area contributed by atoms with Crippen molar-refractivity contribution >= 4 is 23.2 Å². The van der Waals surface area contributed by atoms with Crippen molar-refractivity contribution in [1.29, 1.82) is 0 Å². The van der Waals surface area contributed by atoms with Crippen LogP contribution in [0.15, 0.2) is 18.2 Å². The normalized spacial score (nSPS) is 14.9. The van der Waals surface area contributed by atoms with Gasteiger partial charge < -0.3 is 4.90 Å². The van der Waals surface area contributed by atoms with Crippen molar-refractivity contribution in [2.45, 2.75) is 32.6 Å². The predicted molar refractivity (Wildman–Crippen MR) is 71.9 cm³/mol. The zero-order valence-electron chi connectivity index (χ0n) is 10.4. The highest BCUT2D eigenvalue weighted by atomic mass is 35.5. The largest absolute Gasteiger partial charge is 0.311 e. The quantitative estimate of drug-likeness (QED) is 0.739. The van der Waals surface area contributed by atoms with Crippen LogP contribution in [0, 0.1) is 0 Å². The average Bonchev–Trinajstić information content (AvgIpc) is 2.36. The van der Waals surface area contributed by atoms with Crippen LogP contribution in [-0.4, -0.2) is 18.3 Å². The topological polar surface area (TPSA) is 20.3 Å². The summed E-state index contributed by atoms with van der Waals surface area (Å²) < 4.78 is 0. The van der Waals surface area contributed by atoms with Crippen molar-refractivity contribution in [3.8, 4) is 0 Å². The van der Waals surface area contributed by atoms with Crippen LogP contribution in [-0.2, 0) is 11.2 Å². The Labute approximate surface area is 108 Å². The summed E-state index contributed by atoms with van der Waals surface area (Å²) in [4.78, 5) is 13.6. The SMILES string of the molecule is CC(C)c1ccc2c(c1)CCCN2C(=O)CCl. The highest BCUT2D eigenvalue weighted by Crippen LogP contribution is 2.30. The van der Waals surface area contributed by atoms with Crippen LogP contribution in [0.4, 0.5) is 5.69 Å². The van der Waals surface area contributed by atoms with Crippen LogP contribution in [0.5, 0.6) is 0 Å². The second-order valence-corrected chi connectivity index (χ2v) is 5.09. The van der Waals surface area contributed by atoms with Gasteiger partial charge in [-0.05, 0) is 36.0 Å². The molecule has 92 valence electrons. The van der Waals surface area contributed by atoms with Crippen molar-refractivity contribution in [2.24, 2.45) is 0 Å². The van der Waals surface area contributed by atoms with Gasteiger partial charge in [0.05, 0.1) is 0 Å². The zero-order chi connectivity index (χ0) is 12.4. The lowest BCUT2D eigenvalue weighted by atomic mass is 9.95. The number of carbonyl (C=O) groups is 1. The number of amides is 1. The van der Waals surface area contributed by atoms with Gasteiger partial charge in [-0.15, -0.1) is 11.6 Å². The summed E-state index contributed by atoms with van der Waals surface area (Å²) in [5, 5.41) is 0. The molecule has 0 aliphatic carbocycles. The summed E-state index contributed by atoms with van der Waals surface area (Å²) in [6.07, 6.45) is 2.08. The first-order chi connectivity index (χ1) is 8.13. The molecule has 0 fully saturated rings. The van der Waals surface area contributed by atoms with E-state index in [1.54, 1.807) is 0 Å². The molecule has 0 bridgehead atoms. The van der Waals surface area contributed by atoms with E-state index in [0.717, 1.165) is 25.1 Å². The van der Waals surface area contributed by atoms with Gasteiger partial charge in [-0.25, -0.2) is 0 Å². The van der Waals surface area contributed by atoms with Gasteiger partial charge >= 0.3 is 0 Å². The maximum atomic E-state index is 11.7. The first-order valence-corrected chi connectivity index (χ1v) is 6.66. The van der Waals surface area contributed by atoms with E-state index in [-0.39, 0.29) is 11.8 Å². The lowest BCUT2D eigenvalue weighted by Crippen LogP contribution is -2.36. The summed E-state index contributed by atoms with van der Waals surface area (Å²) in [6, 6.07) is 6.41. The van der Waals surface area contributed by atoms with E-state index in [1.807, 2.05) is 4.90 Å². The molecule has 0 saturated carbocycles. The number of fused-ring (bicyclic) bond motifs is 1. The van der Waals surface area contributed by atoms with Gasteiger partial charge in [0, 0.05) is 12.2 Å². The Hall–Kier alpha value is -1.02. The number of rotatable bonds is 2. The van der Waals surface area contributed by atoms with E-state index in [9.17, 15) is 4.79 Å². The molecule has 1 aromatic carbocycles. The van der Waals surface area contributed by atoms with Crippen LogP contribution in [0.2, 0.25) is 0 Å². The molecule has 1 aliphatic rings. The third-order valence-electron chi connectivity index (χ3n) is 3.30. The van der Waals surface area contributed by atoms with Gasteiger partial charge in [-0.3, -0.25) is 4.79 Å². The minimum Gasteiger partial charge on any atom is -0.311 e. The van der Waals surface area contributed by atoms with Crippen molar-refractivity contribution < 1.29 is 4.79 Å². The molecule has 0 N–H and O–H groups in total. The summed E-state index contributed by atoms with van der Waals surface area (Å²) in [5.74, 6) is 0.593. The van der Waals surface area contributed by atoms with Crippen molar-refractivity contribution in [2.75, 3.05) is 17.3 Å². The first-order valence-electron chi connectivity index (χ1n) is 6.12. The highest BCUT2D eigenvalue weighted by Gasteiger charge is 2.22. The van der Waals surface area contributed by atoms with Crippen molar-refractivity contribution in [3.63, 3.8) is 0 Å². The molecule has 1 amide bonds. The van der Waals surface area contributed by atoms with E-state index in [0.29, 0.717) is 5.92 Å². The molecule has 1 aliphatic heterocycles. The number of benzene rings is 1. The molecule has 1 aromatic rings. The molecule has 0 spiro atoms. The molecule has 1 heterocycles. The van der Waals surface area contributed by atoms with Crippen LogP contribution >= 0.6 is 11.6 Å². The first kappa shape index (κ1) is 12.4. The van der Waals surface area contributed by atoms with Gasteiger partial charge in [0.25, 0.3) is 0 Å². The standard InChI is InChI=1S/C14H18ClNO/c1-10(2)11-5-6-13-12(8-11)4-3-7-16(13)14(17)9-15/h5-6,8,10H,3-4,7,9H2,1-2H3. The third-order valence-corrected chi connectivity index (χ3v) is 3.53. The number of hydrogen-bond donors (Lipinski definition) is 0. The van der Waals surface area contributed by atoms with E-state index < -0.39 is 0 Å². The average molecular weight is 252 g/mol. The fourth-order valence-corrected chi connectivity index (χ4v) is 2.45. The number of nitrogens with zero attached hydrogens (tertiary/aromatic N) is 1. The number of carbonyl (C=O) groups excluding carboxylic acids is 1. The lowest BCUT2D eigenvalue weighted by Gasteiger charge is -2.29. The summed E-state index contributed by atoms with van der Waals surface area (Å²) in [6.45, 7) is 5.16. The second kappa shape index (κ2) is 5.09. The van der Waals surface area contributed by atoms with E-state index in [2.05, 4.69) is 32.0 Å². The van der Waals surface area contributed by atoms with Gasteiger partial charge in [0.2, 0.25) is 5.91 Å². The Morgan fingerprint density at radius 3 is 2.88 bits per heavy atom. The molecule has 2 nitrogen and oxygen atoms in total. The van der Waals surface area contributed by atoms with Crippen molar-refractivity contribution in [3.05, 3.63) is 29.3 Å². The van der Waals surface area contributed by atoms with E-state index in [1.165, 1.54) is 11.1 Å². The Kier molecular flexibility index (Phi) is 3.72. The Balaban J connectivity index is 2.36. The fraction of sp³-hybridized carbons (Fsp3) is 0.500. The molecule has 17 heavy (non-hydrogen) atoms. The maximum Gasteiger partial charge on any atom is 0.241 e. The van der Waals surface area contributed by atoms with Gasteiger partial charge in [0.15, 0.2) is 0 Å². The lowest BCUT2D eigenvalue weighted by molar-refractivity contribution is -0.116. The molecule has 2 rings (SSSR count). The molecule has 0 unspecified atom stereocenters. The van der Waals surface area contributed by atoms with Crippen LogP contribution < -0.4 is 4.90 Å². The van der Waals surface area contributed by atoms with E-state index >= 15 is 0 Å². The third kappa shape index (κ3) is 2.47. The van der Waals surface area contributed by atoms with Crippen molar-refractivity contribution in [1.82, 2.24) is 0 Å². The Bertz CT molecular complexity index is 428. The summed E-state index contributed by atoms with van der Waals surface area (Å²) >= 11 is 5.64. The summed E-state index contributed by atoms with van der Waals surface area (Å²) in [7, 11) is 0. The molecule has 0 radical (unpaired) electrons. The van der Waals surface area contributed by atoms with Gasteiger partial charge in [-0.2, -0.15) is 0 Å². The Morgan fingerprint density at radius 2 is 2.24 bits per heavy atom. The highest BCUT2D eigenvalue weighted by molar-refractivity contribution is 6.29. The monoisotopic (exact) mass is 251 g/mol. The number of alkyl halides is 1. The van der Waals surface area contributed by atoms with Gasteiger partial charge in [0.1, 0.15) is 5.88 Å². The molecule has 3 heteroatoms.